The van der Waals surface area contributed by atoms with Gasteiger partial charge in [0.2, 0.25) is 5.91 Å². The maximum atomic E-state index is 11.9. The number of carbonyl (C=O) groups is 2. The first-order chi connectivity index (χ1) is 8.69. The zero-order valence-electron chi connectivity index (χ0n) is 10.9. The van der Waals surface area contributed by atoms with Crippen LogP contribution in [0, 0.1) is 5.92 Å². The van der Waals surface area contributed by atoms with E-state index < -0.39 is 0 Å². The highest BCUT2D eigenvalue weighted by atomic mass is 32.2. The van der Waals surface area contributed by atoms with Crippen LogP contribution in [0.2, 0.25) is 0 Å². The van der Waals surface area contributed by atoms with E-state index in [0.717, 1.165) is 25.1 Å². The van der Waals surface area contributed by atoms with Gasteiger partial charge in [0.25, 0.3) is 0 Å². The first-order valence-electron chi connectivity index (χ1n) is 6.41. The van der Waals surface area contributed by atoms with Crippen LogP contribution in [0.15, 0.2) is 0 Å². The Morgan fingerprint density at radius 3 is 2.94 bits per heavy atom. The van der Waals surface area contributed by atoms with Gasteiger partial charge in [0.1, 0.15) is 0 Å². The van der Waals surface area contributed by atoms with Crippen LogP contribution in [-0.4, -0.2) is 54.5 Å². The summed E-state index contributed by atoms with van der Waals surface area (Å²) in [5.74, 6) is 1.02. The van der Waals surface area contributed by atoms with Gasteiger partial charge in [-0.3, -0.25) is 9.59 Å². The first-order valence-corrected chi connectivity index (χ1v) is 7.56. The molecule has 0 aromatic heterocycles. The summed E-state index contributed by atoms with van der Waals surface area (Å²) in [6.07, 6.45) is 1.69. The lowest BCUT2D eigenvalue weighted by Gasteiger charge is -2.31. The van der Waals surface area contributed by atoms with E-state index in [-0.39, 0.29) is 17.8 Å². The minimum absolute atomic E-state index is 0.0995. The molecule has 1 aliphatic heterocycles. The summed E-state index contributed by atoms with van der Waals surface area (Å²) in [7, 11) is 0. The summed E-state index contributed by atoms with van der Waals surface area (Å²) >= 11 is 1.54. The molecule has 1 unspecified atom stereocenters. The maximum Gasteiger partial charge on any atom is 0.310 e. The van der Waals surface area contributed by atoms with Crippen LogP contribution in [0.3, 0.4) is 0 Å². The smallest absolute Gasteiger partial charge is 0.310 e. The van der Waals surface area contributed by atoms with Crippen molar-refractivity contribution in [3.05, 3.63) is 0 Å². The summed E-state index contributed by atoms with van der Waals surface area (Å²) in [5.41, 5.74) is 5.38. The molecule has 6 heteroatoms. The van der Waals surface area contributed by atoms with E-state index in [1.54, 1.807) is 23.6 Å². The van der Waals surface area contributed by atoms with E-state index >= 15 is 0 Å². The number of carbonyl (C=O) groups excluding carboxylic acids is 2. The third-order valence-corrected chi connectivity index (χ3v) is 3.86. The Hall–Kier alpha value is -0.750. The maximum absolute atomic E-state index is 11.9. The second-order valence-electron chi connectivity index (χ2n) is 4.27. The fourth-order valence-corrected chi connectivity index (χ4v) is 2.66. The summed E-state index contributed by atoms with van der Waals surface area (Å²) in [6, 6.07) is 0. The Kier molecular flexibility index (Phi) is 7.12. The number of esters is 1. The molecule has 2 N–H and O–H groups in total. The molecule has 0 spiro atoms. The van der Waals surface area contributed by atoms with Gasteiger partial charge in [-0.15, -0.1) is 0 Å². The molecule has 1 rings (SSSR count). The van der Waals surface area contributed by atoms with Gasteiger partial charge in [0.15, 0.2) is 0 Å². The molecule has 0 aromatic rings. The van der Waals surface area contributed by atoms with Crippen LogP contribution < -0.4 is 5.73 Å². The molecule has 0 aliphatic carbocycles. The van der Waals surface area contributed by atoms with Crippen molar-refractivity contribution >= 4 is 23.6 Å². The molecular formula is C12H22N2O3S. The number of likely N-dealkylation sites (tertiary alicyclic amines) is 1. The van der Waals surface area contributed by atoms with Gasteiger partial charge in [0, 0.05) is 25.4 Å². The van der Waals surface area contributed by atoms with Gasteiger partial charge < -0.3 is 15.4 Å². The Bertz CT molecular complexity index is 286. The van der Waals surface area contributed by atoms with E-state index in [9.17, 15) is 9.59 Å². The molecule has 5 nitrogen and oxygen atoms in total. The van der Waals surface area contributed by atoms with Crippen LogP contribution in [0.25, 0.3) is 0 Å². The average molecular weight is 274 g/mol. The van der Waals surface area contributed by atoms with Crippen LogP contribution >= 0.6 is 11.8 Å². The minimum Gasteiger partial charge on any atom is -0.466 e. The van der Waals surface area contributed by atoms with Crippen molar-refractivity contribution in [2.45, 2.75) is 19.8 Å². The molecule has 0 saturated carbocycles. The third-order valence-electron chi connectivity index (χ3n) is 2.88. The van der Waals surface area contributed by atoms with Crippen LogP contribution in [0.4, 0.5) is 0 Å². The lowest BCUT2D eigenvalue weighted by Crippen LogP contribution is -2.43. The summed E-state index contributed by atoms with van der Waals surface area (Å²) in [4.78, 5) is 25.3. The SMILES string of the molecule is CCOC(=O)C1CCCN(C(=O)CSCCN)C1. The average Bonchev–Trinajstić information content (AvgIpc) is 2.39. The van der Waals surface area contributed by atoms with Gasteiger partial charge in [-0.1, -0.05) is 0 Å². The zero-order valence-corrected chi connectivity index (χ0v) is 11.7. The number of thioether (sulfide) groups is 1. The summed E-state index contributed by atoms with van der Waals surface area (Å²) < 4.78 is 5.01. The normalized spacial score (nSPS) is 19.7. The minimum atomic E-state index is -0.176. The Morgan fingerprint density at radius 2 is 2.28 bits per heavy atom. The fourth-order valence-electron chi connectivity index (χ4n) is 1.99. The summed E-state index contributed by atoms with van der Waals surface area (Å²) in [6.45, 7) is 4.03. The number of ether oxygens (including phenoxy) is 1. The monoisotopic (exact) mass is 274 g/mol. The van der Waals surface area contributed by atoms with E-state index in [1.165, 1.54) is 0 Å². The largest absolute Gasteiger partial charge is 0.466 e. The van der Waals surface area contributed by atoms with Crippen LogP contribution in [0.5, 0.6) is 0 Å². The number of piperidine rings is 1. The molecular weight excluding hydrogens is 252 g/mol. The van der Waals surface area contributed by atoms with Gasteiger partial charge >= 0.3 is 5.97 Å². The molecule has 1 saturated heterocycles. The molecule has 1 atom stereocenters. The van der Waals surface area contributed by atoms with Crippen molar-refractivity contribution < 1.29 is 14.3 Å². The van der Waals surface area contributed by atoms with Crippen molar-refractivity contribution in [1.29, 1.82) is 0 Å². The summed E-state index contributed by atoms with van der Waals surface area (Å²) in [5, 5.41) is 0. The second-order valence-corrected chi connectivity index (χ2v) is 5.38. The predicted octanol–water partition coefficient (Wildman–Crippen LogP) is 0.480. The van der Waals surface area contributed by atoms with E-state index in [2.05, 4.69) is 0 Å². The molecule has 0 aromatic carbocycles. The number of nitrogens with zero attached hydrogens (tertiary/aromatic N) is 1. The number of hydrogen-bond acceptors (Lipinski definition) is 5. The Morgan fingerprint density at radius 1 is 1.50 bits per heavy atom. The number of hydrogen-bond donors (Lipinski definition) is 1. The predicted molar refractivity (Wildman–Crippen MR) is 72.3 cm³/mol. The van der Waals surface area contributed by atoms with Crippen molar-refractivity contribution in [2.24, 2.45) is 11.7 Å². The molecule has 104 valence electrons. The molecule has 1 amide bonds. The van der Waals surface area contributed by atoms with E-state index in [1.807, 2.05) is 0 Å². The second kappa shape index (κ2) is 8.37. The fraction of sp³-hybridized carbons (Fsp3) is 0.833. The van der Waals surface area contributed by atoms with Crippen LogP contribution in [-0.2, 0) is 14.3 Å². The zero-order chi connectivity index (χ0) is 13.4. The molecule has 0 bridgehead atoms. The molecule has 1 fully saturated rings. The van der Waals surface area contributed by atoms with Gasteiger partial charge in [-0.25, -0.2) is 0 Å². The lowest BCUT2D eigenvalue weighted by molar-refractivity contribution is -0.151. The number of nitrogens with two attached hydrogens (primary N) is 1. The Labute approximate surface area is 112 Å². The molecule has 1 heterocycles. The number of rotatable bonds is 6. The van der Waals surface area contributed by atoms with E-state index in [4.69, 9.17) is 10.5 Å². The standard InChI is InChI=1S/C12H22N2O3S/c1-2-17-12(16)10-4-3-6-14(8-10)11(15)9-18-7-5-13/h10H,2-9,13H2,1H3. The quantitative estimate of drug-likeness (QED) is 0.563. The van der Waals surface area contributed by atoms with Crippen molar-refractivity contribution in [1.82, 2.24) is 4.90 Å². The van der Waals surface area contributed by atoms with Gasteiger partial charge in [-0.2, -0.15) is 11.8 Å². The highest BCUT2D eigenvalue weighted by Crippen LogP contribution is 2.18. The van der Waals surface area contributed by atoms with Crippen molar-refractivity contribution in [3.63, 3.8) is 0 Å². The van der Waals surface area contributed by atoms with Crippen molar-refractivity contribution in [2.75, 3.05) is 37.7 Å². The van der Waals surface area contributed by atoms with Crippen molar-refractivity contribution in [3.8, 4) is 0 Å². The third kappa shape index (κ3) is 4.86. The molecule has 0 radical (unpaired) electrons. The van der Waals surface area contributed by atoms with E-state index in [0.29, 0.717) is 25.4 Å². The van der Waals surface area contributed by atoms with Gasteiger partial charge in [-0.05, 0) is 19.8 Å². The first kappa shape index (κ1) is 15.3. The lowest BCUT2D eigenvalue weighted by atomic mass is 9.98. The topological polar surface area (TPSA) is 72.6 Å². The van der Waals surface area contributed by atoms with Crippen LogP contribution in [0.1, 0.15) is 19.8 Å². The Balaban J connectivity index is 2.38. The highest BCUT2D eigenvalue weighted by molar-refractivity contribution is 7.99. The molecule has 18 heavy (non-hydrogen) atoms. The van der Waals surface area contributed by atoms with Gasteiger partial charge in [0.05, 0.1) is 18.3 Å². The number of amides is 1. The highest BCUT2D eigenvalue weighted by Gasteiger charge is 2.28. The molecule has 1 aliphatic rings.